The smallest absolute Gasteiger partial charge is 0.380 e. The van der Waals surface area contributed by atoms with Crippen LogP contribution in [0.1, 0.15) is 40.5 Å². The number of rotatable bonds is 1. The highest BCUT2D eigenvalue weighted by Crippen LogP contribution is 2.41. The van der Waals surface area contributed by atoms with Crippen molar-refractivity contribution in [3.63, 3.8) is 0 Å². The van der Waals surface area contributed by atoms with Gasteiger partial charge in [0.05, 0.1) is 0 Å². The Morgan fingerprint density at radius 2 is 1.41 bits per heavy atom. The molecule has 1 saturated heterocycles. The predicted molar refractivity (Wildman–Crippen MR) is 60.7 cm³/mol. The minimum atomic E-state index is -4.54. The molecule has 1 heterocycles. The molecule has 0 bridgehead atoms. The molecular weight excluding hydrogens is 231 g/mol. The van der Waals surface area contributed by atoms with Crippen molar-refractivity contribution in [3.05, 3.63) is 0 Å². The van der Waals surface area contributed by atoms with Crippen molar-refractivity contribution in [3.8, 4) is 0 Å². The van der Waals surface area contributed by atoms with Crippen molar-refractivity contribution in [2.24, 2.45) is 5.92 Å². The Balaban J connectivity index is 2.64. The quantitative estimate of drug-likeness (QED) is 0.776. The third-order valence-electron chi connectivity index (χ3n) is 3.81. The number of hydrogen-bond donors (Lipinski definition) is 1. The zero-order chi connectivity index (χ0) is 13.5. The van der Waals surface area contributed by atoms with Gasteiger partial charge in [-0.05, 0) is 59.5 Å². The highest BCUT2D eigenvalue weighted by molar-refractivity contribution is 4.93. The molecule has 0 amide bonds. The molecule has 1 atom stereocenters. The monoisotopic (exact) mass is 253 g/mol. The summed E-state index contributed by atoms with van der Waals surface area (Å²) in [5.41, 5.74) is -2.58. The molecule has 0 aromatic heterocycles. The SMILES string of the molecule is CC(C)(C)N1CCC([C@](C)(O)C(F)(F)F)CC1. The molecule has 0 unspecified atom stereocenters. The van der Waals surface area contributed by atoms with E-state index in [1.54, 1.807) is 0 Å². The molecule has 102 valence electrons. The molecule has 0 aromatic carbocycles. The van der Waals surface area contributed by atoms with Crippen molar-refractivity contribution >= 4 is 0 Å². The van der Waals surface area contributed by atoms with Crippen molar-refractivity contribution in [2.45, 2.75) is 57.9 Å². The first-order valence-corrected chi connectivity index (χ1v) is 6.00. The lowest BCUT2D eigenvalue weighted by molar-refractivity contribution is -0.276. The topological polar surface area (TPSA) is 23.5 Å². The third kappa shape index (κ3) is 3.13. The molecule has 1 aliphatic rings. The number of aliphatic hydroxyl groups is 1. The Kier molecular flexibility index (Phi) is 3.85. The van der Waals surface area contributed by atoms with Gasteiger partial charge < -0.3 is 5.11 Å². The minimum absolute atomic E-state index is 0.0188. The molecule has 0 saturated carbocycles. The van der Waals surface area contributed by atoms with Crippen LogP contribution in [0.4, 0.5) is 13.2 Å². The molecule has 0 aromatic rings. The molecule has 0 radical (unpaired) electrons. The number of piperidine rings is 1. The number of hydrogen-bond acceptors (Lipinski definition) is 2. The van der Waals surface area contributed by atoms with E-state index in [-0.39, 0.29) is 5.54 Å². The van der Waals surface area contributed by atoms with Crippen LogP contribution in [0.25, 0.3) is 0 Å². The van der Waals surface area contributed by atoms with E-state index in [1.165, 1.54) is 0 Å². The van der Waals surface area contributed by atoms with Crippen LogP contribution in [0.3, 0.4) is 0 Å². The molecular formula is C12H22F3NO. The first-order valence-electron chi connectivity index (χ1n) is 6.00. The Morgan fingerprint density at radius 1 is 1.00 bits per heavy atom. The molecule has 1 rings (SSSR count). The molecule has 2 nitrogen and oxygen atoms in total. The molecule has 17 heavy (non-hydrogen) atoms. The van der Waals surface area contributed by atoms with Crippen LogP contribution >= 0.6 is 0 Å². The van der Waals surface area contributed by atoms with Crippen LogP contribution in [0.15, 0.2) is 0 Å². The zero-order valence-electron chi connectivity index (χ0n) is 10.9. The van der Waals surface area contributed by atoms with Crippen LogP contribution in [-0.4, -0.2) is 40.4 Å². The summed E-state index contributed by atoms with van der Waals surface area (Å²) in [5, 5.41) is 9.62. The first kappa shape index (κ1) is 14.8. The average Bonchev–Trinajstić information content (AvgIpc) is 2.15. The second-order valence-corrected chi connectivity index (χ2v) is 6.08. The van der Waals surface area contributed by atoms with Gasteiger partial charge in [-0.25, -0.2) is 0 Å². The third-order valence-corrected chi connectivity index (χ3v) is 3.81. The van der Waals surface area contributed by atoms with Gasteiger partial charge in [-0.2, -0.15) is 13.2 Å². The highest BCUT2D eigenvalue weighted by atomic mass is 19.4. The Labute approximate surface area is 101 Å². The molecule has 5 heteroatoms. The fourth-order valence-corrected chi connectivity index (χ4v) is 2.34. The van der Waals surface area contributed by atoms with Crippen molar-refractivity contribution in [1.82, 2.24) is 4.90 Å². The van der Waals surface area contributed by atoms with Gasteiger partial charge >= 0.3 is 6.18 Å². The summed E-state index contributed by atoms with van der Waals surface area (Å²) in [7, 11) is 0. The fourth-order valence-electron chi connectivity index (χ4n) is 2.34. The predicted octanol–water partition coefficient (Wildman–Crippen LogP) is 2.81. The van der Waals surface area contributed by atoms with E-state index in [9.17, 15) is 18.3 Å². The maximum Gasteiger partial charge on any atom is 0.417 e. The van der Waals surface area contributed by atoms with Crippen LogP contribution in [-0.2, 0) is 0 Å². The zero-order valence-corrected chi connectivity index (χ0v) is 10.9. The summed E-state index contributed by atoms with van der Waals surface area (Å²) in [6, 6.07) is 0. The van der Waals surface area contributed by atoms with E-state index < -0.39 is 17.7 Å². The van der Waals surface area contributed by atoms with Gasteiger partial charge in [-0.15, -0.1) is 0 Å². The van der Waals surface area contributed by atoms with Crippen LogP contribution in [0.2, 0.25) is 0 Å². The molecule has 1 N–H and O–H groups in total. The van der Waals surface area contributed by atoms with Crippen LogP contribution < -0.4 is 0 Å². The Hall–Kier alpha value is -0.290. The van der Waals surface area contributed by atoms with E-state index in [4.69, 9.17) is 0 Å². The standard InChI is InChI=1S/C12H22F3NO/c1-10(2,3)16-7-5-9(6-8-16)11(4,17)12(13,14)15/h9,17H,5-8H2,1-4H3/t11-/m0/s1. The van der Waals surface area contributed by atoms with Gasteiger partial charge in [-0.1, -0.05) is 0 Å². The number of nitrogens with zero attached hydrogens (tertiary/aromatic N) is 1. The van der Waals surface area contributed by atoms with E-state index in [1.807, 2.05) is 0 Å². The molecule has 1 fully saturated rings. The second-order valence-electron chi connectivity index (χ2n) is 6.08. The number of alkyl halides is 3. The van der Waals surface area contributed by atoms with Gasteiger partial charge in [-0.3, -0.25) is 4.90 Å². The maximum atomic E-state index is 12.7. The van der Waals surface area contributed by atoms with E-state index in [0.717, 1.165) is 6.92 Å². The van der Waals surface area contributed by atoms with E-state index in [0.29, 0.717) is 25.9 Å². The summed E-state index contributed by atoms with van der Waals surface area (Å²) in [5.74, 6) is -0.693. The molecule has 0 spiro atoms. The highest BCUT2D eigenvalue weighted by Gasteiger charge is 2.55. The van der Waals surface area contributed by atoms with Gasteiger partial charge in [0.1, 0.15) is 0 Å². The lowest BCUT2D eigenvalue weighted by atomic mass is 9.80. The van der Waals surface area contributed by atoms with Crippen molar-refractivity contribution in [2.75, 3.05) is 13.1 Å². The van der Waals surface area contributed by atoms with Crippen LogP contribution in [0, 0.1) is 5.92 Å². The number of likely N-dealkylation sites (tertiary alicyclic amines) is 1. The van der Waals surface area contributed by atoms with Gasteiger partial charge in [0.25, 0.3) is 0 Å². The van der Waals surface area contributed by atoms with Gasteiger partial charge in [0, 0.05) is 5.54 Å². The summed E-state index contributed by atoms with van der Waals surface area (Å²) >= 11 is 0. The van der Waals surface area contributed by atoms with Crippen LogP contribution in [0.5, 0.6) is 0 Å². The van der Waals surface area contributed by atoms with E-state index >= 15 is 0 Å². The summed E-state index contributed by atoms with van der Waals surface area (Å²) in [6.07, 6.45) is -3.75. The first-order chi connectivity index (χ1) is 7.46. The molecule has 1 aliphatic heterocycles. The van der Waals surface area contributed by atoms with Gasteiger partial charge in [0.2, 0.25) is 0 Å². The second kappa shape index (κ2) is 4.43. The number of halogens is 3. The largest absolute Gasteiger partial charge is 0.417 e. The lowest BCUT2D eigenvalue weighted by Crippen LogP contribution is -2.54. The minimum Gasteiger partial charge on any atom is -0.380 e. The fraction of sp³-hybridized carbons (Fsp3) is 1.00. The normalized spacial score (nSPS) is 24.7. The van der Waals surface area contributed by atoms with Crippen molar-refractivity contribution in [1.29, 1.82) is 0 Å². The maximum absolute atomic E-state index is 12.7. The van der Waals surface area contributed by atoms with Crippen molar-refractivity contribution < 1.29 is 18.3 Å². The summed E-state index contributed by atoms with van der Waals surface area (Å²) < 4.78 is 38.1. The summed E-state index contributed by atoms with van der Waals surface area (Å²) in [6.45, 7) is 8.27. The summed E-state index contributed by atoms with van der Waals surface area (Å²) in [4.78, 5) is 2.16. The average molecular weight is 253 g/mol. The van der Waals surface area contributed by atoms with Gasteiger partial charge in [0.15, 0.2) is 5.60 Å². The molecule has 0 aliphatic carbocycles. The Morgan fingerprint density at radius 3 is 1.71 bits per heavy atom. The van der Waals surface area contributed by atoms with E-state index in [2.05, 4.69) is 25.7 Å². The Bertz CT molecular complexity index is 260. The lowest BCUT2D eigenvalue weighted by Gasteiger charge is -2.44.